The van der Waals surface area contributed by atoms with E-state index in [-0.39, 0.29) is 17.4 Å². The van der Waals surface area contributed by atoms with Crippen LogP contribution in [-0.2, 0) is 13.0 Å². The fourth-order valence-corrected chi connectivity index (χ4v) is 3.18. The van der Waals surface area contributed by atoms with Gasteiger partial charge >= 0.3 is 0 Å². The van der Waals surface area contributed by atoms with E-state index in [1.54, 1.807) is 24.3 Å². The molecule has 0 aliphatic carbocycles. The molecule has 2 amide bonds. The minimum Gasteiger partial charge on any atom is -0.382 e. The van der Waals surface area contributed by atoms with E-state index in [4.69, 9.17) is 23.1 Å². The number of carbonyl (C=O) groups excluding carboxylic acids is 2. The normalized spacial score (nSPS) is 10.6. The summed E-state index contributed by atoms with van der Waals surface area (Å²) in [4.78, 5) is 32.1. The maximum atomic E-state index is 12.6. The quantitative estimate of drug-likeness (QED) is 0.577. The largest absolute Gasteiger partial charge is 0.382 e. The van der Waals surface area contributed by atoms with Crippen LogP contribution < -0.4 is 16.8 Å². The van der Waals surface area contributed by atoms with E-state index in [1.807, 2.05) is 25.1 Å². The number of aryl methyl sites for hydroxylation is 1. The molecular formula is C21H20ClN5O2. The lowest BCUT2D eigenvalue weighted by Crippen LogP contribution is -2.23. The van der Waals surface area contributed by atoms with E-state index in [9.17, 15) is 9.59 Å². The molecular weight excluding hydrogens is 390 g/mol. The van der Waals surface area contributed by atoms with E-state index in [0.717, 1.165) is 16.7 Å². The van der Waals surface area contributed by atoms with Gasteiger partial charge in [-0.1, -0.05) is 35.9 Å². The number of aromatic nitrogens is 2. The monoisotopic (exact) mass is 409 g/mol. The third kappa shape index (κ3) is 4.89. The third-order valence-corrected chi connectivity index (χ3v) is 4.79. The van der Waals surface area contributed by atoms with Crippen molar-refractivity contribution in [3.63, 3.8) is 0 Å². The van der Waals surface area contributed by atoms with Crippen LogP contribution >= 0.6 is 11.6 Å². The summed E-state index contributed by atoms with van der Waals surface area (Å²) in [6.45, 7) is 2.28. The van der Waals surface area contributed by atoms with Crippen LogP contribution in [0.5, 0.6) is 0 Å². The molecule has 2 aromatic carbocycles. The minimum absolute atomic E-state index is 0.00996. The van der Waals surface area contributed by atoms with Crippen LogP contribution in [0.1, 0.15) is 43.2 Å². The van der Waals surface area contributed by atoms with Crippen LogP contribution in [0, 0.1) is 6.92 Å². The molecule has 0 saturated heterocycles. The number of hydrogen-bond donors (Lipinski definition) is 3. The van der Waals surface area contributed by atoms with Crippen molar-refractivity contribution in [1.82, 2.24) is 15.3 Å². The molecule has 0 radical (unpaired) electrons. The Hall–Kier alpha value is -3.45. The van der Waals surface area contributed by atoms with Gasteiger partial charge in [0.1, 0.15) is 0 Å². The Kier molecular flexibility index (Phi) is 6.09. The van der Waals surface area contributed by atoms with Crippen molar-refractivity contribution in [1.29, 1.82) is 0 Å². The van der Waals surface area contributed by atoms with Gasteiger partial charge in [-0.05, 0) is 41.8 Å². The van der Waals surface area contributed by atoms with Gasteiger partial charge in [0.15, 0.2) is 11.5 Å². The van der Waals surface area contributed by atoms with Crippen molar-refractivity contribution in [2.24, 2.45) is 5.73 Å². The Labute approximate surface area is 173 Å². The summed E-state index contributed by atoms with van der Waals surface area (Å²) in [5.74, 6) is -0.962. The first kappa shape index (κ1) is 20.3. The van der Waals surface area contributed by atoms with E-state index in [0.29, 0.717) is 29.2 Å². The molecule has 5 N–H and O–H groups in total. The van der Waals surface area contributed by atoms with Crippen molar-refractivity contribution in [3.8, 4) is 0 Å². The molecule has 3 aromatic rings. The molecule has 0 spiro atoms. The lowest BCUT2D eigenvalue weighted by atomic mass is 10.1. The fraction of sp³-hybridized carbons (Fsp3) is 0.143. The summed E-state index contributed by atoms with van der Waals surface area (Å²) in [5.41, 5.74) is 14.6. The summed E-state index contributed by atoms with van der Waals surface area (Å²) in [6, 6.07) is 12.7. The predicted octanol–water partition coefficient (Wildman–Crippen LogP) is 2.64. The molecule has 1 aromatic heterocycles. The second-order valence-corrected chi connectivity index (χ2v) is 6.96. The van der Waals surface area contributed by atoms with Crippen LogP contribution in [0.4, 0.5) is 5.82 Å². The van der Waals surface area contributed by atoms with Crippen molar-refractivity contribution >= 4 is 29.2 Å². The van der Waals surface area contributed by atoms with E-state index in [2.05, 4.69) is 15.3 Å². The third-order valence-electron chi connectivity index (χ3n) is 4.44. The molecule has 0 aliphatic heterocycles. The zero-order chi connectivity index (χ0) is 21.0. The Morgan fingerprint density at radius 2 is 1.93 bits per heavy atom. The summed E-state index contributed by atoms with van der Waals surface area (Å²) in [6.07, 6.45) is 1.85. The van der Waals surface area contributed by atoms with E-state index < -0.39 is 5.91 Å². The summed E-state index contributed by atoms with van der Waals surface area (Å²) in [7, 11) is 0. The van der Waals surface area contributed by atoms with E-state index in [1.165, 1.54) is 6.20 Å². The molecule has 0 bridgehead atoms. The molecule has 1 heterocycles. The highest BCUT2D eigenvalue weighted by atomic mass is 35.5. The molecule has 29 heavy (non-hydrogen) atoms. The predicted molar refractivity (Wildman–Crippen MR) is 112 cm³/mol. The number of amides is 2. The zero-order valence-electron chi connectivity index (χ0n) is 15.8. The highest BCUT2D eigenvalue weighted by Crippen LogP contribution is 2.19. The smallest absolute Gasteiger partial charge is 0.271 e. The molecule has 7 nitrogen and oxygen atoms in total. The summed E-state index contributed by atoms with van der Waals surface area (Å²) in [5, 5.41) is 3.51. The van der Waals surface area contributed by atoms with Gasteiger partial charge in [0.25, 0.3) is 11.8 Å². The van der Waals surface area contributed by atoms with Crippen molar-refractivity contribution in [2.45, 2.75) is 19.9 Å². The van der Waals surface area contributed by atoms with Gasteiger partial charge in [0.2, 0.25) is 0 Å². The van der Waals surface area contributed by atoms with Gasteiger partial charge in [0, 0.05) is 23.6 Å². The fourth-order valence-electron chi connectivity index (χ4n) is 2.89. The number of rotatable bonds is 6. The number of nitrogen functional groups attached to an aromatic ring is 1. The number of carbonyl (C=O) groups is 2. The van der Waals surface area contributed by atoms with Crippen LogP contribution in [0.3, 0.4) is 0 Å². The van der Waals surface area contributed by atoms with Crippen LogP contribution in [0.15, 0.2) is 48.7 Å². The Morgan fingerprint density at radius 3 is 2.66 bits per heavy atom. The Balaban J connectivity index is 1.73. The molecule has 0 aliphatic rings. The number of anilines is 1. The topological polar surface area (TPSA) is 124 Å². The first-order chi connectivity index (χ1) is 13.8. The van der Waals surface area contributed by atoms with Crippen LogP contribution in [0.25, 0.3) is 0 Å². The number of nitrogens with two attached hydrogens (primary N) is 2. The molecule has 0 unspecified atom stereocenters. The SMILES string of the molecule is Cc1cccc(Cl)c1CNC(=O)c1cccc(Cc2cnc(N)c(C(N)=O)n2)c1. The molecule has 3 rings (SSSR count). The van der Waals surface area contributed by atoms with Crippen LogP contribution in [-0.4, -0.2) is 21.8 Å². The van der Waals surface area contributed by atoms with Gasteiger partial charge in [-0.3, -0.25) is 9.59 Å². The molecule has 0 saturated carbocycles. The highest BCUT2D eigenvalue weighted by molar-refractivity contribution is 6.31. The van der Waals surface area contributed by atoms with Crippen LogP contribution in [0.2, 0.25) is 5.02 Å². The lowest BCUT2D eigenvalue weighted by molar-refractivity contribution is 0.0949. The van der Waals surface area contributed by atoms with Gasteiger partial charge in [-0.25, -0.2) is 9.97 Å². The first-order valence-electron chi connectivity index (χ1n) is 8.87. The second-order valence-electron chi connectivity index (χ2n) is 6.55. The maximum Gasteiger partial charge on any atom is 0.271 e. The number of benzene rings is 2. The standard InChI is InChI=1S/C21H20ClN5O2/c1-12-4-2-7-17(22)16(12)11-26-21(29)14-6-3-5-13(8-14)9-15-10-25-19(23)18(27-15)20(24)28/h2-8,10H,9,11H2,1H3,(H2,23,25)(H2,24,28)(H,26,29). The number of primary amides is 1. The number of nitrogens with zero attached hydrogens (tertiary/aromatic N) is 2. The number of hydrogen-bond acceptors (Lipinski definition) is 5. The van der Waals surface area contributed by atoms with Crippen molar-refractivity contribution < 1.29 is 9.59 Å². The minimum atomic E-state index is -0.736. The summed E-state index contributed by atoms with van der Waals surface area (Å²) < 4.78 is 0. The molecule has 0 atom stereocenters. The van der Waals surface area contributed by atoms with Gasteiger partial charge in [-0.2, -0.15) is 0 Å². The zero-order valence-corrected chi connectivity index (χ0v) is 16.5. The number of halogens is 1. The Morgan fingerprint density at radius 1 is 1.17 bits per heavy atom. The lowest BCUT2D eigenvalue weighted by Gasteiger charge is -2.11. The molecule has 8 heteroatoms. The second kappa shape index (κ2) is 8.70. The average Bonchev–Trinajstić information content (AvgIpc) is 2.69. The molecule has 0 fully saturated rings. The number of nitrogens with one attached hydrogen (secondary N) is 1. The average molecular weight is 410 g/mol. The highest BCUT2D eigenvalue weighted by Gasteiger charge is 2.12. The summed E-state index contributed by atoms with van der Waals surface area (Å²) >= 11 is 6.21. The van der Waals surface area contributed by atoms with Gasteiger partial charge in [-0.15, -0.1) is 0 Å². The van der Waals surface area contributed by atoms with Crippen molar-refractivity contribution in [2.75, 3.05) is 5.73 Å². The maximum absolute atomic E-state index is 12.6. The van der Waals surface area contributed by atoms with Gasteiger partial charge < -0.3 is 16.8 Å². The molecule has 148 valence electrons. The van der Waals surface area contributed by atoms with Crippen molar-refractivity contribution in [3.05, 3.63) is 87.3 Å². The Bertz CT molecular complexity index is 1060. The first-order valence-corrected chi connectivity index (χ1v) is 9.25. The van der Waals surface area contributed by atoms with Gasteiger partial charge in [0.05, 0.1) is 11.9 Å². The van der Waals surface area contributed by atoms with E-state index >= 15 is 0 Å².